The Bertz CT molecular complexity index is 607. The molecular weight excluding hydrogens is 261 g/mol. The van der Waals surface area contributed by atoms with Crippen LogP contribution in [0.3, 0.4) is 0 Å². The summed E-state index contributed by atoms with van der Waals surface area (Å²) in [7, 11) is -4.16. The topological polar surface area (TPSA) is 83.5 Å². The minimum atomic E-state index is -4.16. The van der Waals surface area contributed by atoms with E-state index in [4.69, 9.17) is 5.11 Å². The normalized spacial score (nSPS) is 17.4. The van der Waals surface area contributed by atoms with E-state index in [0.717, 1.165) is 6.07 Å². The second-order valence-electron chi connectivity index (χ2n) is 4.38. The zero-order valence-corrected chi connectivity index (χ0v) is 10.4. The van der Waals surface area contributed by atoms with Gasteiger partial charge < -0.3 is 5.11 Å². The maximum atomic E-state index is 13.7. The zero-order chi connectivity index (χ0) is 13.6. The van der Waals surface area contributed by atoms with Crippen LogP contribution in [0.4, 0.5) is 4.39 Å². The number of hydrogen-bond acceptors (Lipinski definition) is 3. The lowest BCUT2D eigenvalue weighted by atomic mass is 10.2. The van der Waals surface area contributed by atoms with E-state index in [2.05, 4.69) is 4.72 Å². The van der Waals surface area contributed by atoms with Gasteiger partial charge in [-0.3, -0.25) is 4.79 Å². The number of sulfonamides is 1. The summed E-state index contributed by atoms with van der Waals surface area (Å²) in [4.78, 5) is 10.4. The van der Waals surface area contributed by atoms with Crippen molar-refractivity contribution < 1.29 is 22.7 Å². The third-order valence-corrected chi connectivity index (χ3v) is 4.49. The molecule has 1 aliphatic rings. The van der Waals surface area contributed by atoms with Gasteiger partial charge in [0, 0.05) is 0 Å². The Labute approximate surface area is 104 Å². The van der Waals surface area contributed by atoms with Crippen molar-refractivity contribution in [2.75, 3.05) is 0 Å². The third-order valence-electron chi connectivity index (χ3n) is 2.94. The van der Waals surface area contributed by atoms with Crippen LogP contribution >= 0.6 is 0 Å². The van der Waals surface area contributed by atoms with Gasteiger partial charge in [-0.15, -0.1) is 0 Å². The van der Waals surface area contributed by atoms with Crippen LogP contribution in [0.15, 0.2) is 23.1 Å². The van der Waals surface area contributed by atoms with Gasteiger partial charge in [0.2, 0.25) is 10.0 Å². The summed E-state index contributed by atoms with van der Waals surface area (Å²) in [6.45, 7) is 1.44. The Kier molecular flexibility index (Phi) is 2.90. The third kappa shape index (κ3) is 2.11. The molecule has 18 heavy (non-hydrogen) atoms. The van der Waals surface area contributed by atoms with Gasteiger partial charge in [0.15, 0.2) is 0 Å². The highest BCUT2D eigenvalue weighted by Crippen LogP contribution is 2.37. The van der Waals surface area contributed by atoms with Gasteiger partial charge in [0.25, 0.3) is 0 Å². The summed E-state index contributed by atoms with van der Waals surface area (Å²) in [5.41, 5.74) is -1.27. The van der Waals surface area contributed by atoms with Crippen LogP contribution in [0.5, 0.6) is 0 Å². The molecule has 2 N–H and O–H groups in total. The molecule has 0 heterocycles. The second-order valence-corrected chi connectivity index (χ2v) is 6.03. The molecule has 0 bridgehead atoms. The van der Waals surface area contributed by atoms with Crippen LogP contribution < -0.4 is 4.72 Å². The number of aliphatic carboxylic acids is 1. The standard InChI is InChI=1S/C11H12FNO4S/c1-7-3-2-4-8(9(7)12)18(16,17)13-11(5-6-11)10(14)15/h2-4,13H,5-6H2,1H3,(H,14,15). The van der Waals surface area contributed by atoms with Crippen LogP contribution in [-0.4, -0.2) is 25.0 Å². The molecule has 7 heteroatoms. The van der Waals surface area contributed by atoms with Gasteiger partial charge in [-0.25, -0.2) is 12.8 Å². The van der Waals surface area contributed by atoms with Crippen molar-refractivity contribution in [1.29, 1.82) is 0 Å². The minimum Gasteiger partial charge on any atom is -0.480 e. The van der Waals surface area contributed by atoms with Crippen molar-refractivity contribution in [1.82, 2.24) is 4.72 Å². The molecule has 2 rings (SSSR count). The first-order valence-electron chi connectivity index (χ1n) is 5.31. The summed E-state index contributed by atoms with van der Waals surface area (Å²) in [5.74, 6) is -2.09. The molecule has 1 fully saturated rings. The fraction of sp³-hybridized carbons (Fsp3) is 0.364. The highest BCUT2D eigenvalue weighted by molar-refractivity contribution is 7.89. The predicted molar refractivity (Wildman–Crippen MR) is 61.1 cm³/mol. The zero-order valence-electron chi connectivity index (χ0n) is 9.60. The number of hydrogen-bond donors (Lipinski definition) is 2. The molecule has 0 aromatic heterocycles. The first-order valence-corrected chi connectivity index (χ1v) is 6.79. The van der Waals surface area contributed by atoms with Gasteiger partial charge >= 0.3 is 5.97 Å². The summed E-state index contributed by atoms with van der Waals surface area (Å²) < 4.78 is 39.7. The molecular formula is C11H12FNO4S. The monoisotopic (exact) mass is 273 g/mol. The number of rotatable bonds is 4. The number of halogens is 1. The lowest BCUT2D eigenvalue weighted by molar-refractivity contribution is -0.140. The van der Waals surface area contributed by atoms with Crippen molar-refractivity contribution >= 4 is 16.0 Å². The largest absolute Gasteiger partial charge is 0.480 e. The van der Waals surface area contributed by atoms with Crippen molar-refractivity contribution in [2.24, 2.45) is 0 Å². The first-order chi connectivity index (χ1) is 8.28. The van der Waals surface area contributed by atoms with E-state index in [1.807, 2.05) is 0 Å². The highest BCUT2D eigenvalue weighted by Gasteiger charge is 2.53. The average molecular weight is 273 g/mol. The summed E-state index contributed by atoms with van der Waals surface area (Å²) >= 11 is 0. The van der Waals surface area contributed by atoms with Gasteiger partial charge in [-0.1, -0.05) is 12.1 Å². The molecule has 0 unspecified atom stereocenters. The van der Waals surface area contributed by atoms with Crippen molar-refractivity contribution in [3.8, 4) is 0 Å². The molecule has 1 aromatic carbocycles. The number of benzene rings is 1. The fourth-order valence-corrected chi connectivity index (χ4v) is 3.20. The maximum Gasteiger partial charge on any atom is 0.324 e. The number of carboxylic acids is 1. The molecule has 0 atom stereocenters. The van der Waals surface area contributed by atoms with Crippen LogP contribution in [-0.2, 0) is 14.8 Å². The summed E-state index contributed by atoms with van der Waals surface area (Å²) in [6.07, 6.45) is 0.435. The number of nitrogens with one attached hydrogen (secondary N) is 1. The summed E-state index contributed by atoms with van der Waals surface area (Å²) in [6, 6.07) is 3.97. The first kappa shape index (κ1) is 13.0. The maximum absolute atomic E-state index is 13.7. The van der Waals surface area contributed by atoms with Crippen LogP contribution in [0, 0.1) is 12.7 Å². The fourth-order valence-electron chi connectivity index (χ4n) is 1.62. The Hall–Kier alpha value is -1.47. The highest BCUT2D eigenvalue weighted by atomic mass is 32.2. The van der Waals surface area contributed by atoms with E-state index in [1.165, 1.54) is 19.1 Å². The van der Waals surface area contributed by atoms with Gasteiger partial charge in [-0.05, 0) is 31.4 Å². The van der Waals surface area contributed by atoms with Crippen LogP contribution in [0.1, 0.15) is 18.4 Å². The smallest absolute Gasteiger partial charge is 0.324 e. The molecule has 0 aliphatic heterocycles. The van der Waals surface area contributed by atoms with Crippen LogP contribution in [0.25, 0.3) is 0 Å². The van der Waals surface area contributed by atoms with E-state index < -0.39 is 32.2 Å². The van der Waals surface area contributed by atoms with E-state index >= 15 is 0 Å². The van der Waals surface area contributed by atoms with E-state index in [9.17, 15) is 17.6 Å². The van der Waals surface area contributed by atoms with E-state index in [-0.39, 0.29) is 18.4 Å². The SMILES string of the molecule is Cc1cccc(S(=O)(=O)NC2(C(=O)O)CC2)c1F. The Morgan fingerprint density at radius 3 is 2.56 bits per heavy atom. The molecule has 0 amide bonds. The van der Waals surface area contributed by atoms with Crippen LogP contribution in [0.2, 0.25) is 0 Å². The predicted octanol–water partition coefficient (Wildman–Crippen LogP) is 1.03. The molecule has 1 saturated carbocycles. The molecule has 0 saturated heterocycles. The Morgan fingerprint density at radius 2 is 2.06 bits per heavy atom. The molecule has 98 valence electrons. The van der Waals surface area contributed by atoms with Gasteiger partial charge in [0.05, 0.1) is 0 Å². The number of carbonyl (C=O) groups is 1. The summed E-state index contributed by atoms with van der Waals surface area (Å²) in [5, 5.41) is 8.92. The number of aryl methyl sites for hydroxylation is 1. The Morgan fingerprint density at radius 1 is 1.44 bits per heavy atom. The number of carboxylic acid groups (broad SMARTS) is 1. The van der Waals surface area contributed by atoms with Crippen molar-refractivity contribution in [3.05, 3.63) is 29.6 Å². The van der Waals surface area contributed by atoms with E-state index in [1.54, 1.807) is 0 Å². The molecule has 0 spiro atoms. The molecule has 1 aromatic rings. The average Bonchev–Trinajstić information content (AvgIpc) is 3.02. The Balaban J connectivity index is 2.38. The second kappa shape index (κ2) is 4.03. The molecule has 5 nitrogen and oxygen atoms in total. The quantitative estimate of drug-likeness (QED) is 0.858. The van der Waals surface area contributed by atoms with E-state index in [0.29, 0.717) is 0 Å². The van der Waals surface area contributed by atoms with Crippen molar-refractivity contribution in [3.63, 3.8) is 0 Å². The molecule has 0 radical (unpaired) electrons. The lowest BCUT2D eigenvalue weighted by Crippen LogP contribution is -2.43. The minimum absolute atomic E-state index is 0.193. The molecule has 1 aliphatic carbocycles. The van der Waals surface area contributed by atoms with Gasteiger partial charge in [-0.2, -0.15) is 4.72 Å². The van der Waals surface area contributed by atoms with Crippen molar-refractivity contribution in [2.45, 2.75) is 30.2 Å². The van der Waals surface area contributed by atoms with Gasteiger partial charge in [0.1, 0.15) is 16.3 Å². The lowest BCUT2D eigenvalue weighted by Gasteiger charge is -2.13.